The van der Waals surface area contributed by atoms with Crippen molar-refractivity contribution in [2.45, 2.75) is 20.3 Å². The predicted molar refractivity (Wildman–Crippen MR) is 56.7 cm³/mol. The highest BCUT2D eigenvalue weighted by molar-refractivity contribution is 6.30. The molecule has 78 valence electrons. The van der Waals surface area contributed by atoms with E-state index < -0.39 is 0 Å². The lowest BCUT2D eigenvalue weighted by molar-refractivity contribution is 0.292. The van der Waals surface area contributed by atoms with Crippen molar-refractivity contribution >= 4 is 17.4 Å². The highest BCUT2D eigenvalue weighted by Crippen LogP contribution is 2.19. The van der Waals surface area contributed by atoms with Crippen LogP contribution in [0.5, 0.6) is 0 Å². The van der Waals surface area contributed by atoms with E-state index in [4.69, 9.17) is 16.7 Å². The maximum atomic E-state index is 8.62. The molecule has 1 heterocycles. The minimum atomic E-state index is 0.170. The zero-order valence-electron chi connectivity index (χ0n) is 8.34. The molecule has 0 radical (unpaired) electrons. The lowest BCUT2D eigenvalue weighted by Gasteiger charge is -2.09. The number of hydrogen-bond acceptors (Lipinski definition) is 4. The molecule has 2 N–H and O–H groups in total. The van der Waals surface area contributed by atoms with Crippen LogP contribution in [-0.2, 0) is 0 Å². The lowest BCUT2D eigenvalue weighted by Crippen LogP contribution is -2.08. The van der Waals surface area contributed by atoms with E-state index >= 15 is 0 Å². The summed E-state index contributed by atoms with van der Waals surface area (Å²) in [5.74, 6) is 1.39. The fourth-order valence-electron chi connectivity index (χ4n) is 1.05. The second-order valence-corrected chi connectivity index (χ2v) is 3.40. The summed E-state index contributed by atoms with van der Waals surface area (Å²) in [6.45, 7) is 4.51. The normalized spacial score (nSPS) is 10.3. The highest BCUT2D eigenvalue weighted by Gasteiger charge is 2.05. The van der Waals surface area contributed by atoms with Crippen molar-refractivity contribution < 1.29 is 5.11 Å². The van der Waals surface area contributed by atoms with E-state index in [2.05, 4.69) is 15.3 Å². The van der Waals surface area contributed by atoms with Gasteiger partial charge in [-0.1, -0.05) is 11.6 Å². The molecule has 0 spiro atoms. The van der Waals surface area contributed by atoms with Gasteiger partial charge in [0.2, 0.25) is 0 Å². The monoisotopic (exact) mass is 215 g/mol. The third-order valence-electron chi connectivity index (χ3n) is 1.83. The number of aryl methyl sites for hydroxylation is 1. The van der Waals surface area contributed by atoms with E-state index in [1.807, 2.05) is 6.92 Å². The van der Waals surface area contributed by atoms with Crippen LogP contribution in [0, 0.1) is 13.8 Å². The van der Waals surface area contributed by atoms with Gasteiger partial charge in [-0.3, -0.25) is 0 Å². The summed E-state index contributed by atoms with van der Waals surface area (Å²) in [7, 11) is 0. The Hall–Kier alpha value is -0.870. The van der Waals surface area contributed by atoms with Gasteiger partial charge < -0.3 is 10.4 Å². The number of anilines is 1. The largest absolute Gasteiger partial charge is 0.396 e. The maximum Gasteiger partial charge on any atom is 0.137 e. The molecule has 0 amide bonds. The van der Waals surface area contributed by atoms with Crippen LogP contribution >= 0.6 is 11.6 Å². The van der Waals surface area contributed by atoms with E-state index in [0.717, 1.165) is 11.4 Å². The lowest BCUT2D eigenvalue weighted by atomic mass is 10.3. The van der Waals surface area contributed by atoms with Gasteiger partial charge in [-0.15, -0.1) is 0 Å². The number of halogens is 1. The van der Waals surface area contributed by atoms with Crippen molar-refractivity contribution in [1.29, 1.82) is 0 Å². The summed E-state index contributed by atoms with van der Waals surface area (Å²) < 4.78 is 0. The van der Waals surface area contributed by atoms with E-state index in [1.54, 1.807) is 6.92 Å². The standard InChI is InChI=1S/C9H14ClN3O/c1-6-8(10)12-7(2)13-9(6)11-4-3-5-14/h14H,3-5H2,1-2H3,(H,11,12,13). The van der Waals surface area contributed by atoms with Crippen molar-refractivity contribution in [2.24, 2.45) is 0 Å². The Morgan fingerprint density at radius 1 is 1.36 bits per heavy atom. The van der Waals surface area contributed by atoms with Crippen LogP contribution in [0.25, 0.3) is 0 Å². The molecule has 0 atom stereocenters. The molecule has 5 heteroatoms. The Kier molecular flexibility index (Phi) is 4.10. The Balaban J connectivity index is 2.75. The van der Waals surface area contributed by atoms with Crippen molar-refractivity contribution in [3.8, 4) is 0 Å². The van der Waals surface area contributed by atoms with Gasteiger partial charge in [0.25, 0.3) is 0 Å². The number of rotatable bonds is 4. The number of hydrogen-bond donors (Lipinski definition) is 2. The summed E-state index contributed by atoms with van der Waals surface area (Å²) in [5.41, 5.74) is 0.843. The molecule has 0 saturated carbocycles. The molecule has 0 aliphatic heterocycles. The smallest absolute Gasteiger partial charge is 0.137 e. The van der Waals surface area contributed by atoms with Crippen LogP contribution in [0.4, 0.5) is 5.82 Å². The summed E-state index contributed by atoms with van der Waals surface area (Å²) in [6.07, 6.45) is 0.695. The van der Waals surface area contributed by atoms with Crippen molar-refractivity contribution in [3.63, 3.8) is 0 Å². The summed E-state index contributed by atoms with van der Waals surface area (Å²) in [5, 5.41) is 12.2. The van der Waals surface area contributed by atoms with E-state index in [-0.39, 0.29) is 6.61 Å². The topological polar surface area (TPSA) is 58.0 Å². The molecule has 1 aromatic rings. The van der Waals surface area contributed by atoms with Gasteiger partial charge in [0.05, 0.1) is 0 Å². The third-order valence-corrected chi connectivity index (χ3v) is 2.19. The second-order valence-electron chi connectivity index (χ2n) is 3.04. The molecule has 0 fully saturated rings. The average molecular weight is 216 g/mol. The SMILES string of the molecule is Cc1nc(Cl)c(C)c(NCCCO)n1. The van der Waals surface area contributed by atoms with Crippen LogP contribution in [0.2, 0.25) is 5.15 Å². The second kappa shape index (κ2) is 5.12. The molecule has 1 rings (SSSR count). The number of aromatic nitrogens is 2. The van der Waals surface area contributed by atoms with Gasteiger partial charge >= 0.3 is 0 Å². The number of nitrogens with zero attached hydrogens (tertiary/aromatic N) is 2. The van der Waals surface area contributed by atoms with Crippen LogP contribution in [0.3, 0.4) is 0 Å². The first-order chi connectivity index (χ1) is 6.65. The molecular weight excluding hydrogens is 202 g/mol. The van der Waals surface area contributed by atoms with Crippen LogP contribution in [0.1, 0.15) is 17.8 Å². The number of aliphatic hydroxyl groups is 1. The molecule has 0 saturated heterocycles. The first-order valence-electron chi connectivity index (χ1n) is 4.50. The van der Waals surface area contributed by atoms with Gasteiger partial charge in [0.15, 0.2) is 0 Å². The molecule has 0 aliphatic rings. The third kappa shape index (κ3) is 2.82. The Labute approximate surface area is 88.3 Å². The number of aliphatic hydroxyl groups excluding tert-OH is 1. The van der Waals surface area contributed by atoms with Crippen molar-refractivity contribution in [1.82, 2.24) is 9.97 Å². The molecule has 0 bridgehead atoms. The Morgan fingerprint density at radius 3 is 2.71 bits per heavy atom. The fraction of sp³-hybridized carbons (Fsp3) is 0.556. The average Bonchev–Trinajstić information content (AvgIpc) is 2.13. The molecule has 0 aromatic carbocycles. The van der Waals surface area contributed by atoms with Crippen molar-refractivity contribution in [2.75, 3.05) is 18.5 Å². The van der Waals surface area contributed by atoms with Gasteiger partial charge in [0.1, 0.15) is 16.8 Å². The molecule has 1 aromatic heterocycles. The van der Waals surface area contributed by atoms with E-state index in [9.17, 15) is 0 Å². The first-order valence-corrected chi connectivity index (χ1v) is 4.88. The van der Waals surface area contributed by atoms with Gasteiger partial charge in [-0.05, 0) is 20.3 Å². The predicted octanol–water partition coefficient (Wildman–Crippen LogP) is 1.54. The molecule has 0 unspecified atom stereocenters. The van der Waals surface area contributed by atoms with E-state index in [1.165, 1.54) is 0 Å². The summed E-state index contributed by atoms with van der Waals surface area (Å²) >= 11 is 5.89. The molecule has 0 aliphatic carbocycles. The number of nitrogens with one attached hydrogen (secondary N) is 1. The summed E-state index contributed by atoms with van der Waals surface area (Å²) in [6, 6.07) is 0. The Bertz CT molecular complexity index is 317. The Morgan fingerprint density at radius 2 is 2.07 bits per heavy atom. The van der Waals surface area contributed by atoms with Crippen LogP contribution < -0.4 is 5.32 Å². The van der Waals surface area contributed by atoms with Crippen LogP contribution in [-0.4, -0.2) is 28.2 Å². The zero-order chi connectivity index (χ0) is 10.6. The molecular formula is C9H14ClN3O. The van der Waals surface area contributed by atoms with Gasteiger partial charge in [0, 0.05) is 18.7 Å². The summed E-state index contributed by atoms with van der Waals surface area (Å²) in [4.78, 5) is 8.24. The minimum absolute atomic E-state index is 0.170. The maximum absolute atomic E-state index is 8.62. The molecule has 14 heavy (non-hydrogen) atoms. The highest BCUT2D eigenvalue weighted by atomic mass is 35.5. The first kappa shape index (κ1) is 11.2. The zero-order valence-corrected chi connectivity index (χ0v) is 9.10. The molecule has 4 nitrogen and oxygen atoms in total. The van der Waals surface area contributed by atoms with Gasteiger partial charge in [-0.25, -0.2) is 9.97 Å². The fourth-order valence-corrected chi connectivity index (χ4v) is 1.26. The van der Waals surface area contributed by atoms with Crippen molar-refractivity contribution in [3.05, 3.63) is 16.5 Å². The van der Waals surface area contributed by atoms with E-state index in [0.29, 0.717) is 23.9 Å². The van der Waals surface area contributed by atoms with Crippen LogP contribution in [0.15, 0.2) is 0 Å². The van der Waals surface area contributed by atoms with Gasteiger partial charge in [-0.2, -0.15) is 0 Å². The minimum Gasteiger partial charge on any atom is -0.396 e. The quantitative estimate of drug-likeness (QED) is 0.591.